The number of oxazole rings is 1. The van der Waals surface area contributed by atoms with Crippen molar-refractivity contribution < 1.29 is 13.9 Å². The van der Waals surface area contributed by atoms with Crippen molar-refractivity contribution in [2.24, 2.45) is 0 Å². The number of nitrogens with one attached hydrogen (secondary N) is 3. The molecule has 0 aliphatic rings. The van der Waals surface area contributed by atoms with Gasteiger partial charge in [0.05, 0.1) is 18.2 Å². The Morgan fingerprint density at radius 2 is 1.77 bits per heavy atom. The maximum atomic E-state index is 12.0. The molecule has 0 aliphatic carbocycles. The molecule has 0 saturated heterocycles. The summed E-state index contributed by atoms with van der Waals surface area (Å²) in [5.74, 6) is 0.147. The van der Waals surface area contributed by atoms with Gasteiger partial charge in [0, 0.05) is 23.1 Å². The lowest BCUT2D eigenvalue weighted by atomic mass is 10.0. The molecular formula is C22H21N5O4. The lowest BCUT2D eigenvalue weighted by Crippen LogP contribution is -2.08. The summed E-state index contributed by atoms with van der Waals surface area (Å²) in [6.07, 6.45) is 1.71. The Hall–Kier alpha value is -4.14. The number of esters is 1. The van der Waals surface area contributed by atoms with Gasteiger partial charge in [0.15, 0.2) is 5.58 Å². The fourth-order valence-corrected chi connectivity index (χ4v) is 3.38. The van der Waals surface area contributed by atoms with E-state index >= 15 is 0 Å². The number of ether oxygens (including phenoxy) is 1. The van der Waals surface area contributed by atoms with E-state index in [9.17, 15) is 9.59 Å². The summed E-state index contributed by atoms with van der Waals surface area (Å²) in [7, 11) is 1.37. The molecule has 0 bridgehead atoms. The first-order valence-electron chi connectivity index (χ1n) is 9.54. The normalized spacial score (nSPS) is 10.8. The van der Waals surface area contributed by atoms with Gasteiger partial charge in [0.1, 0.15) is 5.82 Å². The molecule has 0 saturated carbocycles. The molecule has 31 heavy (non-hydrogen) atoms. The number of hydrogen-bond acceptors (Lipinski definition) is 8. The highest BCUT2D eigenvalue weighted by atomic mass is 16.5. The van der Waals surface area contributed by atoms with Crippen LogP contribution in [0.15, 0.2) is 45.7 Å². The molecule has 0 aliphatic heterocycles. The SMILES string of the molecule is COC(=O)c1c(C)cc(Nc2ncc(C)c(Nc3ccc4oc(=O)[nH]c4c3)n2)cc1C. The number of H-pyrrole nitrogens is 1. The van der Waals surface area contributed by atoms with Gasteiger partial charge in [0.2, 0.25) is 5.95 Å². The number of hydrogen-bond donors (Lipinski definition) is 3. The van der Waals surface area contributed by atoms with Gasteiger partial charge in [-0.2, -0.15) is 4.98 Å². The zero-order valence-electron chi connectivity index (χ0n) is 17.5. The second kappa shape index (κ2) is 7.94. The van der Waals surface area contributed by atoms with E-state index in [1.807, 2.05) is 32.9 Å². The van der Waals surface area contributed by atoms with Crippen LogP contribution in [0.4, 0.5) is 23.1 Å². The molecular weight excluding hydrogens is 398 g/mol. The number of aryl methyl sites for hydroxylation is 3. The van der Waals surface area contributed by atoms with Crippen LogP contribution in [-0.4, -0.2) is 28.0 Å². The Labute approximate surface area is 177 Å². The summed E-state index contributed by atoms with van der Waals surface area (Å²) < 4.78 is 9.88. The number of methoxy groups -OCH3 is 1. The van der Waals surface area contributed by atoms with Gasteiger partial charge in [-0.15, -0.1) is 0 Å². The van der Waals surface area contributed by atoms with E-state index in [-0.39, 0.29) is 5.97 Å². The third-order valence-corrected chi connectivity index (χ3v) is 4.83. The van der Waals surface area contributed by atoms with Crippen molar-refractivity contribution in [3.8, 4) is 0 Å². The maximum absolute atomic E-state index is 12.0. The zero-order chi connectivity index (χ0) is 22.1. The molecule has 2 aromatic heterocycles. The van der Waals surface area contributed by atoms with E-state index in [1.54, 1.807) is 24.4 Å². The lowest BCUT2D eigenvalue weighted by Gasteiger charge is -2.13. The van der Waals surface area contributed by atoms with E-state index in [0.717, 1.165) is 28.1 Å². The van der Waals surface area contributed by atoms with Crippen LogP contribution >= 0.6 is 0 Å². The van der Waals surface area contributed by atoms with Crippen molar-refractivity contribution in [1.29, 1.82) is 0 Å². The first-order chi connectivity index (χ1) is 14.8. The van der Waals surface area contributed by atoms with Crippen LogP contribution in [0.2, 0.25) is 0 Å². The van der Waals surface area contributed by atoms with Gasteiger partial charge >= 0.3 is 11.7 Å². The Kier molecular flexibility index (Phi) is 5.16. The molecule has 0 atom stereocenters. The van der Waals surface area contributed by atoms with E-state index < -0.39 is 5.76 Å². The number of benzene rings is 2. The highest BCUT2D eigenvalue weighted by molar-refractivity contribution is 5.93. The van der Waals surface area contributed by atoms with Crippen LogP contribution in [0, 0.1) is 20.8 Å². The van der Waals surface area contributed by atoms with Crippen molar-refractivity contribution in [1.82, 2.24) is 15.0 Å². The number of aromatic amines is 1. The molecule has 2 aromatic carbocycles. The number of fused-ring (bicyclic) bond motifs is 1. The molecule has 0 fully saturated rings. The molecule has 0 amide bonds. The fraction of sp³-hybridized carbons (Fsp3) is 0.182. The predicted molar refractivity (Wildman–Crippen MR) is 117 cm³/mol. The van der Waals surface area contributed by atoms with Crippen LogP contribution in [0.5, 0.6) is 0 Å². The maximum Gasteiger partial charge on any atom is 0.417 e. The van der Waals surface area contributed by atoms with Gasteiger partial charge < -0.3 is 19.8 Å². The van der Waals surface area contributed by atoms with Crippen LogP contribution in [-0.2, 0) is 4.74 Å². The van der Waals surface area contributed by atoms with Gasteiger partial charge in [0.25, 0.3) is 0 Å². The lowest BCUT2D eigenvalue weighted by molar-refractivity contribution is 0.0599. The molecule has 9 heteroatoms. The van der Waals surface area contributed by atoms with Gasteiger partial charge in [-0.25, -0.2) is 14.6 Å². The quantitative estimate of drug-likeness (QED) is 0.413. The summed E-state index contributed by atoms with van der Waals surface area (Å²) in [5, 5.41) is 6.42. The second-order valence-electron chi connectivity index (χ2n) is 7.18. The summed E-state index contributed by atoms with van der Waals surface area (Å²) in [5.41, 5.74) is 5.56. The van der Waals surface area contributed by atoms with Crippen molar-refractivity contribution in [2.75, 3.05) is 17.7 Å². The number of nitrogens with zero attached hydrogens (tertiary/aromatic N) is 2. The van der Waals surface area contributed by atoms with Gasteiger partial charge in [-0.1, -0.05) is 0 Å². The third kappa shape index (κ3) is 4.11. The number of aromatic nitrogens is 3. The van der Waals surface area contributed by atoms with E-state index in [0.29, 0.717) is 28.4 Å². The number of anilines is 4. The average Bonchev–Trinajstić information content (AvgIpc) is 3.09. The minimum absolute atomic E-state index is 0.365. The topological polar surface area (TPSA) is 122 Å². The summed E-state index contributed by atoms with van der Waals surface area (Å²) in [6.45, 7) is 5.59. The molecule has 4 aromatic rings. The molecule has 2 heterocycles. The number of carbonyl (C=O) groups is 1. The van der Waals surface area contributed by atoms with Gasteiger partial charge in [-0.3, -0.25) is 4.98 Å². The van der Waals surface area contributed by atoms with Crippen LogP contribution in [0.3, 0.4) is 0 Å². The number of rotatable bonds is 5. The smallest absolute Gasteiger partial charge is 0.417 e. The average molecular weight is 419 g/mol. The summed E-state index contributed by atoms with van der Waals surface area (Å²) in [4.78, 5) is 34.9. The number of carbonyl (C=O) groups excluding carboxylic acids is 1. The van der Waals surface area contributed by atoms with Crippen molar-refractivity contribution in [3.63, 3.8) is 0 Å². The fourth-order valence-electron chi connectivity index (χ4n) is 3.38. The van der Waals surface area contributed by atoms with Crippen LogP contribution in [0.25, 0.3) is 11.1 Å². The predicted octanol–water partition coefficient (Wildman–Crippen LogP) is 4.11. The molecule has 158 valence electrons. The van der Waals surface area contributed by atoms with Crippen LogP contribution in [0.1, 0.15) is 27.0 Å². The monoisotopic (exact) mass is 419 g/mol. The molecule has 4 rings (SSSR count). The van der Waals surface area contributed by atoms with E-state index in [1.165, 1.54) is 7.11 Å². The Balaban J connectivity index is 1.60. The molecule has 0 radical (unpaired) electrons. The molecule has 0 spiro atoms. The Bertz CT molecular complexity index is 1330. The highest BCUT2D eigenvalue weighted by Gasteiger charge is 2.14. The molecule has 0 unspecified atom stereocenters. The minimum atomic E-state index is -0.499. The largest absolute Gasteiger partial charge is 0.465 e. The highest BCUT2D eigenvalue weighted by Crippen LogP contribution is 2.25. The summed E-state index contributed by atoms with van der Waals surface area (Å²) in [6, 6.07) is 8.97. The summed E-state index contributed by atoms with van der Waals surface area (Å²) >= 11 is 0. The van der Waals surface area contributed by atoms with Crippen molar-refractivity contribution >= 4 is 40.2 Å². The molecule has 3 N–H and O–H groups in total. The van der Waals surface area contributed by atoms with Crippen molar-refractivity contribution in [2.45, 2.75) is 20.8 Å². The standard InChI is InChI=1S/C22H21N5O4/c1-11-7-15(8-12(2)18(11)20(28)30-4)25-21-23-10-13(3)19(27-21)24-14-5-6-17-16(9-14)26-22(29)31-17/h5-10H,1-4H3,(H,26,29)(H2,23,24,25,27). The first-order valence-corrected chi connectivity index (χ1v) is 9.54. The van der Waals surface area contributed by atoms with Crippen molar-refractivity contribution in [3.05, 3.63) is 69.3 Å². The van der Waals surface area contributed by atoms with E-state index in [4.69, 9.17) is 9.15 Å². The Morgan fingerprint density at radius 1 is 1.03 bits per heavy atom. The van der Waals surface area contributed by atoms with Crippen LogP contribution < -0.4 is 16.4 Å². The third-order valence-electron chi connectivity index (χ3n) is 4.83. The molecule has 9 nitrogen and oxygen atoms in total. The first kappa shape index (κ1) is 20.1. The minimum Gasteiger partial charge on any atom is -0.465 e. The van der Waals surface area contributed by atoms with E-state index in [2.05, 4.69) is 25.6 Å². The zero-order valence-corrected chi connectivity index (χ0v) is 17.5. The van der Waals surface area contributed by atoms with Gasteiger partial charge in [-0.05, 0) is 62.2 Å². The Morgan fingerprint density at radius 3 is 2.48 bits per heavy atom. The second-order valence-corrected chi connectivity index (χ2v) is 7.18.